The molecule has 8 heteroatoms. The van der Waals surface area contributed by atoms with Gasteiger partial charge in [0.15, 0.2) is 9.84 Å². The fourth-order valence-corrected chi connectivity index (χ4v) is 3.62. The first-order chi connectivity index (χ1) is 10.8. The molecule has 1 amide bonds. The Morgan fingerprint density at radius 3 is 2.30 bits per heavy atom. The molecule has 2 aromatic rings. The molecule has 0 aromatic heterocycles. The molecule has 0 bridgehead atoms. The molecular formula is C15H12Cl3NO3S. The van der Waals surface area contributed by atoms with Crippen LogP contribution in [0.3, 0.4) is 0 Å². The molecule has 1 N–H and O–H groups in total. The highest BCUT2D eigenvalue weighted by Gasteiger charge is 2.18. The molecule has 2 rings (SSSR count). The zero-order valence-electron chi connectivity index (χ0n) is 11.7. The van der Waals surface area contributed by atoms with Gasteiger partial charge in [-0.2, -0.15) is 0 Å². The van der Waals surface area contributed by atoms with Crippen LogP contribution in [0.5, 0.6) is 0 Å². The monoisotopic (exact) mass is 391 g/mol. The average Bonchev–Trinajstić information content (AvgIpc) is 2.45. The van der Waals surface area contributed by atoms with Crippen LogP contribution < -0.4 is 5.32 Å². The number of anilines is 1. The van der Waals surface area contributed by atoms with Crippen molar-refractivity contribution in [3.8, 4) is 0 Å². The predicted octanol–water partition coefficient (Wildman–Crippen LogP) is 4.20. The van der Waals surface area contributed by atoms with E-state index in [1.807, 2.05) is 0 Å². The fraction of sp³-hybridized carbons (Fsp3) is 0.133. The summed E-state index contributed by atoms with van der Waals surface area (Å²) < 4.78 is 24.2. The number of nitrogens with one attached hydrogen (secondary N) is 1. The molecule has 0 unspecified atom stereocenters. The van der Waals surface area contributed by atoms with Crippen LogP contribution in [0.4, 0.5) is 5.69 Å². The van der Waals surface area contributed by atoms with Crippen LogP contribution in [0, 0.1) is 0 Å². The molecule has 0 radical (unpaired) electrons. The van der Waals surface area contributed by atoms with Gasteiger partial charge in [0, 0.05) is 5.02 Å². The summed E-state index contributed by atoms with van der Waals surface area (Å²) in [7, 11) is -3.62. The van der Waals surface area contributed by atoms with E-state index in [0.29, 0.717) is 10.6 Å². The minimum Gasteiger partial charge on any atom is -0.324 e. The summed E-state index contributed by atoms with van der Waals surface area (Å²) in [5.74, 6) is -1.58. The normalized spacial score (nSPS) is 11.3. The highest BCUT2D eigenvalue weighted by atomic mass is 35.5. The van der Waals surface area contributed by atoms with Gasteiger partial charge >= 0.3 is 0 Å². The van der Waals surface area contributed by atoms with Gasteiger partial charge in [0.1, 0.15) is 5.75 Å². The molecule has 0 aliphatic carbocycles. The number of rotatable bonds is 5. The summed E-state index contributed by atoms with van der Waals surface area (Å²) in [4.78, 5) is 11.9. The standard InChI is InChI=1S/C15H12Cl3NO3S/c16-11-6-4-10(5-7-11)8-23(21,22)9-14(20)19-13-3-1-2-12(17)15(13)18/h1-7H,8-9H2,(H,19,20). The molecule has 0 saturated heterocycles. The van der Waals surface area contributed by atoms with Gasteiger partial charge < -0.3 is 5.32 Å². The number of halogens is 3. The molecule has 0 spiro atoms. The Kier molecular flexibility index (Phi) is 5.92. The average molecular weight is 393 g/mol. The fourth-order valence-electron chi connectivity index (χ4n) is 1.87. The van der Waals surface area contributed by atoms with E-state index < -0.39 is 21.5 Å². The largest absolute Gasteiger partial charge is 0.324 e. The Bertz CT molecular complexity index is 820. The van der Waals surface area contributed by atoms with E-state index in [4.69, 9.17) is 34.8 Å². The van der Waals surface area contributed by atoms with Crippen LogP contribution in [-0.2, 0) is 20.4 Å². The second-order valence-electron chi connectivity index (χ2n) is 4.81. The first-order valence-corrected chi connectivity index (χ1v) is 9.41. The van der Waals surface area contributed by atoms with Crippen LogP contribution in [-0.4, -0.2) is 20.1 Å². The molecule has 0 aliphatic rings. The summed E-state index contributed by atoms with van der Waals surface area (Å²) in [6.45, 7) is 0. The van der Waals surface area contributed by atoms with E-state index in [9.17, 15) is 13.2 Å². The summed E-state index contributed by atoms with van der Waals surface area (Å²) >= 11 is 17.5. The van der Waals surface area contributed by atoms with Crippen molar-refractivity contribution < 1.29 is 13.2 Å². The Morgan fingerprint density at radius 2 is 1.65 bits per heavy atom. The highest BCUT2D eigenvalue weighted by Crippen LogP contribution is 2.29. The van der Waals surface area contributed by atoms with Crippen molar-refractivity contribution in [1.82, 2.24) is 0 Å². The zero-order valence-corrected chi connectivity index (χ0v) is 14.8. The molecule has 122 valence electrons. The van der Waals surface area contributed by atoms with Crippen LogP contribution >= 0.6 is 34.8 Å². The van der Waals surface area contributed by atoms with Gasteiger partial charge in [-0.05, 0) is 29.8 Å². The van der Waals surface area contributed by atoms with Gasteiger partial charge in [0.25, 0.3) is 0 Å². The lowest BCUT2D eigenvalue weighted by Crippen LogP contribution is -2.24. The maximum Gasteiger partial charge on any atom is 0.239 e. The minimum atomic E-state index is -3.62. The zero-order chi connectivity index (χ0) is 17.0. The number of carbonyl (C=O) groups is 1. The number of hydrogen-bond acceptors (Lipinski definition) is 3. The molecule has 0 saturated carbocycles. The number of carbonyl (C=O) groups excluding carboxylic acids is 1. The van der Waals surface area contributed by atoms with E-state index in [1.165, 1.54) is 6.07 Å². The Labute approximate surface area is 149 Å². The van der Waals surface area contributed by atoms with E-state index in [2.05, 4.69) is 5.32 Å². The lowest BCUT2D eigenvalue weighted by atomic mass is 10.2. The Hall–Kier alpha value is -1.27. The van der Waals surface area contributed by atoms with Crippen molar-refractivity contribution in [2.24, 2.45) is 0 Å². The Morgan fingerprint density at radius 1 is 1.00 bits per heavy atom. The van der Waals surface area contributed by atoms with Crippen molar-refractivity contribution in [1.29, 1.82) is 0 Å². The van der Waals surface area contributed by atoms with Gasteiger partial charge in [0.2, 0.25) is 5.91 Å². The summed E-state index contributed by atoms with van der Waals surface area (Å²) in [5.41, 5.74) is 0.828. The lowest BCUT2D eigenvalue weighted by Gasteiger charge is -2.09. The predicted molar refractivity (Wildman–Crippen MR) is 94.0 cm³/mol. The molecule has 0 heterocycles. The summed E-state index contributed by atoms with van der Waals surface area (Å²) in [6.07, 6.45) is 0. The first-order valence-electron chi connectivity index (χ1n) is 6.45. The van der Waals surface area contributed by atoms with Gasteiger partial charge in [-0.25, -0.2) is 8.42 Å². The third kappa shape index (κ3) is 5.39. The number of hydrogen-bond donors (Lipinski definition) is 1. The third-order valence-corrected chi connectivity index (χ3v) is 5.42. The van der Waals surface area contributed by atoms with Gasteiger partial charge in [-0.15, -0.1) is 0 Å². The number of amides is 1. The quantitative estimate of drug-likeness (QED) is 0.829. The number of benzene rings is 2. The van der Waals surface area contributed by atoms with Crippen LogP contribution in [0.15, 0.2) is 42.5 Å². The topological polar surface area (TPSA) is 63.2 Å². The maximum absolute atomic E-state index is 12.1. The van der Waals surface area contributed by atoms with Gasteiger partial charge in [-0.1, -0.05) is 53.0 Å². The Balaban J connectivity index is 2.03. The molecule has 4 nitrogen and oxygen atoms in total. The van der Waals surface area contributed by atoms with Crippen molar-refractivity contribution in [2.75, 3.05) is 11.1 Å². The van der Waals surface area contributed by atoms with Crippen molar-refractivity contribution >= 4 is 56.2 Å². The molecule has 23 heavy (non-hydrogen) atoms. The summed E-state index contributed by atoms with van der Waals surface area (Å²) in [6, 6.07) is 11.1. The summed E-state index contributed by atoms with van der Waals surface area (Å²) in [5, 5.41) is 3.40. The minimum absolute atomic E-state index is 0.164. The van der Waals surface area contributed by atoms with Crippen molar-refractivity contribution in [2.45, 2.75) is 5.75 Å². The van der Waals surface area contributed by atoms with Gasteiger partial charge in [0.05, 0.1) is 21.5 Å². The van der Waals surface area contributed by atoms with Crippen molar-refractivity contribution in [3.05, 3.63) is 63.1 Å². The second kappa shape index (κ2) is 7.53. The van der Waals surface area contributed by atoms with Gasteiger partial charge in [-0.3, -0.25) is 4.79 Å². The van der Waals surface area contributed by atoms with E-state index in [1.54, 1.807) is 36.4 Å². The smallest absolute Gasteiger partial charge is 0.239 e. The highest BCUT2D eigenvalue weighted by molar-refractivity contribution is 7.91. The van der Waals surface area contributed by atoms with E-state index in [0.717, 1.165) is 0 Å². The lowest BCUT2D eigenvalue weighted by molar-refractivity contribution is -0.113. The van der Waals surface area contributed by atoms with Crippen LogP contribution in [0.1, 0.15) is 5.56 Å². The molecule has 0 aliphatic heterocycles. The molecule has 0 atom stereocenters. The van der Waals surface area contributed by atoms with Crippen LogP contribution in [0.25, 0.3) is 0 Å². The van der Waals surface area contributed by atoms with Crippen molar-refractivity contribution in [3.63, 3.8) is 0 Å². The van der Waals surface area contributed by atoms with Crippen LogP contribution in [0.2, 0.25) is 15.1 Å². The first kappa shape index (κ1) is 18.1. The van der Waals surface area contributed by atoms with E-state index >= 15 is 0 Å². The third-order valence-electron chi connectivity index (χ3n) is 2.88. The molecule has 2 aromatic carbocycles. The SMILES string of the molecule is O=C(CS(=O)(=O)Cc1ccc(Cl)cc1)Nc1cccc(Cl)c1Cl. The number of sulfone groups is 1. The molecule has 0 fully saturated rings. The molecular weight excluding hydrogens is 381 g/mol. The maximum atomic E-state index is 12.1. The van der Waals surface area contributed by atoms with E-state index in [-0.39, 0.29) is 21.5 Å². The second-order valence-corrected chi connectivity index (χ2v) is 8.09.